The summed E-state index contributed by atoms with van der Waals surface area (Å²) in [6.45, 7) is 3.87. The predicted molar refractivity (Wildman–Crippen MR) is 68.2 cm³/mol. The van der Waals surface area contributed by atoms with Crippen molar-refractivity contribution in [3.63, 3.8) is 0 Å². The molecule has 0 amide bonds. The molecule has 1 fully saturated rings. The van der Waals surface area contributed by atoms with Crippen LogP contribution in [0.1, 0.15) is 24.2 Å². The van der Waals surface area contributed by atoms with Crippen molar-refractivity contribution < 1.29 is 8.42 Å². The van der Waals surface area contributed by atoms with Crippen LogP contribution in [0.4, 0.5) is 0 Å². The van der Waals surface area contributed by atoms with Crippen molar-refractivity contribution in [3.8, 4) is 0 Å². The molecular weight excluding hydrogens is 252 g/mol. The number of likely N-dealkylation sites (tertiary alicyclic amines) is 1. The van der Waals surface area contributed by atoms with Crippen molar-refractivity contribution in [2.24, 2.45) is 5.14 Å². The third-order valence-corrected chi connectivity index (χ3v) is 4.46. The number of rotatable bonds is 3. The van der Waals surface area contributed by atoms with Crippen LogP contribution < -0.4 is 5.14 Å². The number of piperidine rings is 1. The van der Waals surface area contributed by atoms with Gasteiger partial charge in [-0.3, -0.25) is 14.9 Å². The summed E-state index contributed by atoms with van der Waals surface area (Å²) < 4.78 is 22.7. The molecule has 0 bridgehead atoms. The van der Waals surface area contributed by atoms with E-state index in [0.29, 0.717) is 19.5 Å². The molecule has 0 aromatic carbocycles. The van der Waals surface area contributed by atoms with Gasteiger partial charge in [0.05, 0.1) is 16.6 Å². The lowest BCUT2D eigenvalue weighted by Gasteiger charge is -2.30. The zero-order valence-corrected chi connectivity index (χ0v) is 11.2. The van der Waals surface area contributed by atoms with Crippen LogP contribution in [0.15, 0.2) is 12.4 Å². The van der Waals surface area contributed by atoms with Gasteiger partial charge in [0.25, 0.3) is 0 Å². The standard InChI is InChI=1S/C11H18N4O2S/c1-9-5-14-10(6-13-9)7-15-4-2-3-11(8-15)18(12,16)17/h5-6,11H,2-4,7-8H2,1H3,(H2,12,16,17). The first-order valence-electron chi connectivity index (χ1n) is 5.96. The van der Waals surface area contributed by atoms with Gasteiger partial charge in [0, 0.05) is 25.5 Å². The van der Waals surface area contributed by atoms with Gasteiger partial charge in [-0.05, 0) is 26.3 Å². The second-order valence-corrected chi connectivity index (χ2v) is 6.58. The van der Waals surface area contributed by atoms with Crippen LogP contribution in [0.25, 0.3) is 0 Å². The van der Waals surface area contributed by atoms with Gasteiger partial charge in [-0.25, -0.2) is 13.6 Å². The predicted octanol–water partition coefficient (Wildman–Crippen LogP) is 0.0379. The monoisotopic (exact) mass is 270 g/mol. The molecular formula is C11H18N4O2S. The van der Waals surface area contributed by atoms with E-state index in [2.05, 4.69) is 14.9 Å². The summed E-state index contributed by atoms with van der Waals surface area (Å²) >= 11 is 0. The molecule has 0 spiro atoms. The minimum absolute atomic E-state index is 0.454. The Kier molecular flexibility index (Phi) is 3.94. The highest BCUT2D eigenvalue weighted by Gasteiger charge is 2.28. The Morgan fingerprint density at radius 3 is 2.83 bits per heavy atom. The molecule has 1 unspecified atom stereocenters. The first kappa shape index (κ1) is 13.4. The fourth-order valence-electron chi connectivity index (χ4n) is 2.15. The highest BCUT2D eigenvalue weighted by molar-refractivity contribution is 7.89. The fraction of sp³-hybridized carbons (Fsp3) is 0.636. The lowest BCUT2D eigenvalue weighted by molar-refractivity contribution is 0.219. The molecule has 1 aromatic heterocycles. The van der Waals surface area contributed by atoms with E-state index in [0.717, 1.165) is 24.4 Å². The molecule has 1 saturated heterocycles. The van der Waals surface area contributed by atoms with Gasteiger partial charge in [0.15, 0.2) is 0 Å². The molecule has 0 radical (unpaired) electrons. The van der Waals surface area contributed by atoms with E-state index < -0.39 is 15.3 Å². The second kappa shape index (κ2) is 5.29. The average molecular weight is 270 g/mol. The Balaban J connectivity index is 2.00. The zero-order valence-electron chi connectivity index (χ0n) is 10.4. The molecule has 1 aliphatic heterocycles. The molecule has 2 heterocycles. The van der Waals surface area contributed by atoms with Crippen molar-refractivity contribution in [3.05, 3.63) is 23.8 Å². The maximum atomic E-state index is 11.4. The summed E-state index contributed by atoms with van der Waals surface area (Å²) in [6, 6.07) is 0. The highest BCUT2D eigenvalue weighted by Crippen LogP contribution is 2.16. The number of hydrogen-bond acceptors (Lipinski definition) is 5. The molecule has 7 heteroatoms. The smallest absolute Gasteiger partial charge is 0.213 e. The van der Waals surface area contributed by atoms with Gasteiger partial charge in [-0.1, -0.05) is 0 Å². The summed E-state index contributed by atoms with van der Waals surface area (Å²) in [5, 5.41) is 4.75. The van der Waals surface area contributed by atoms with Crippen molar-refractivity contribution in [2.45, 2.75) is 31.6 Å². The van der Waals surface area contributed by atoms with Crippen molar-refractivity contribution in [2.75, 3.05) is 13.1 Å². The molecule has 6 nitrogen and oxygen atoms in total. The minimum Gasteiger partial charge on any atom is -0.296 e. The maximum absolute atomic E-state index is 11.4. The number of aryl methyl sites for hydroxylation is 1. The van der Waals surface area contributed by atoms with Gasteiger partial charge in [0.2, 0.25) is 10.0 Å². The van der Waals surface area contributed by atoms with Crippen LogP contribution in [-0.2, 0) is 16.6 Å². The van der Waals surface area contributed by atoms with E-state index in [1.54, 1.807) is 12.4 Å². The van der Waals surface area contributed by atoms with E-state index in [1.807, 2.05) is 6.92 Å². The van der Waals surface area contributed by atoms with Gasteiger partial charge in [-0.2, -0.15) is 0 Å². The summed E-state index contributed by atoms with van der Waals surface area (Å²) in [7, 11) is -3.44. The molecule has 18 heavy (non-hydrogen) atoms. The quantitative estimate of drug-likeness (QED) is 0.837. The zero-order chi connectivity index (χ0) is 13.2. The van der Waals surface area contributed by atoms with Gasteiger partial charge >= 0.3 is 0 Å². The normalized spacial score (nSPS) is 22.0. The largest absolute Gasteiger partial charge is 0.296 e. The van der Waals surface area contributed by atoms with Crippen LogP contribution in [0.3, 0.4) is 0 Å². The molecule has 1 atom stereocenters. The molecule has 0 aliphatic carbocycles. The topological polar surface area (TPSA) is 89.2 Å². The van der Waals surface area contributed by atoms with Gasteiger partial charge < -0.3 is 0 Å². The fourth-order valence-corrected chi connectivity index (χ4v) is 3.07. The molecule has 100 valence electrons. The van der Waals surface area contributed by atoms with Crippen LogP contribution in [0, 0.1) is 6.92 Å². The Hall–Kier alpha value is -1.05. The van der Waals surface area contributed by atoms with Crippen LogP contribution >= 0.6 is 0 Å². The molecule has 1 aromatic rings. The van der Waals surface area contributed by atoms with E-state index in [1.165, 1.54) is 0 Å². The molecule has 2 rings (SSSR count). The first-order valence-corrected chi connectivity index (χ1v) is 7.57. The third kappa shape index (κ3) is 3.47. The van der Waals surface area contributed by atoms with Crippen molar-refractivity contribution in [1.82, 2.24) is 14.9 Å². The second-order valence-electron chi connectivity index (χ2n) is 4.74. The van der Waals surface area contributed by atoms with Crippen LogP contribution in [-0.4, -0.2) is 41.6 Å². The third-order valence-electron chi connectivity index (χ3n) is 3.15. The van der Waals surface area contributed by atoms with Crippen LogP contribution in [0.2, 0.25) is 0 Å². The highest BCUT2D eigenvalue weighted by atomic mass is 32.2. The number of hydrogen-bond donors (Lipinski definition) is 1. The molecule has 1 aliphatic rings. The lowest BCUT2D eigenvalue weighted by atomic mass is 10.1. The minimum atomic E-state index is -3.44. The van der Waals surface area contributed by atoms with E-state index >= 15 is 0 Å². The summed E-state index contributed by atoms with van der Waals surface area (Å²) in [6.07, 6.45) is 4.95. The summed E-state index contributed by atoms with van der Waals surface area (Å²) in [5.41, 5.74) is 1.73. The van der Waals surface area contributed by atoms with E-state index in [9.17, 15) is 8.42 Å². The molecule has 2 N–H and O–H groups in total. The van der Waals surface area contributed by atoms with Crippen molar-refractivity contribution >= 4 is 10.0 Å². The van der Waals surface area contributed by atoms with Crippen LogP contribution in [0.5, 0.6) is 0 Å². The molecule has 0 saturated carbocycles. The first-order chi connectivity index (χ1) is 8.45. The van der Waals surface area contributed by atoms with E-state index in [-0.39, 0.29) is 0 Å². The van der Waals surface area contributed by atoms with Gasteiger partial charge in [0.1, 0.15) is 0 Å². The Morgan fingerprint density at radius 1 is 1.44 bits per heavy atom. The average Bonchev–Trinajstić information content (AvgIpc) is 2.31. The number of aromatic nitrogens is 2. The summed E-state index contributed by atoms with van der Waals surface area (Å²) in [5.74, 6) is 0. The van der Waals surface area contributed by atoms with E-state index in [4.69, 9.17) is 5.14 Å². The maximum Gasteiger partial charge on any atom is 0.213 e. The number of nitrogens with two attached hydrogens (primary N) is 1. The number of sulfonamides is 1. The van der Waals surface area contributed by atoms with Crippen molar-refractivity contribution in [1.29, 1.82) is 0 Å². The summed E-state index contributed by atoms with van der Waals surface area (Å²) in [4.78, 5) is 10.5. The Bertz CT molecular complexity index is 500. The lowest BCUT2D eigenvalue weighted by Crippen LogP contribution is -2.44. The number of primary sulfonamides is 1. The number of nitrogens with zero attached hydrogens (tertiary/aromatic N) is 3. The Morgan fingerprint density at radius 2 is 2.22 bits per heavy atom. The van der Waals surface area contributed by atoms with Gasteiger partial charge in [-0.15, -0.1) is 0 Å². The Labute approximate surface area is 107 Å². The SMILES string of the molecule is Cc1cnc(CN2CCCC(S(N)(=O)=O)C2)cn1.